The van der Waals surface area contributed by atoms with Gasteiger partial charge in [-0.2, -0.15) is 9.36 Å². The molecule has 0 bridgehead atoms. The number of carboxylic acids is 1. The fourth-order valence-electron chi connectivity index (χ4n) is 5.31. The maximum Gasteiger partial charge on any atom is 0.352 e. The van der Waals surface area contributed by atoms with E-state index in [1.807, 2.05) is 46.7 Å². The van der Waals surface area contributed by atoms with Gasteiger partial charge in [-0.25, -0.2) is 9.36 Å². The number of β-lactam (4-membered cyclic amide) rings is 1. The van der Waals surface area contributed by atoms with Crippen molar-refractivity contribution >= 4 is 57.6 Å². The lowest BCUT2D eigenvalue weighted by atomic mass is 10.0. The third-order valence-corrected chi connectivity index (χ3v) is 9.37. The number of thioether (sulfide) groups is 1. The molecule has 14 nitrogen and oxygen atoms in total. The number of carbonyl (C=O) groups is 3. The van der Waals surface area contributed by atoms with E-state index < -0.39 is 29.2 Å². The number of imidazole rings is 1. The molecule has 0 spiro atoms. The normalized spacial score (nSPS) is 21.0. The van der Waals surface area contributed by atoms with Crippen molar-refractivity contribution in [2.75, 3.05) is 11.5 Å². The standard InChI is InChI=1S/C27H29N9O5S2/c1-34-12-13-35-18(34)11-10-16(31-35)7-3-2-6-15-14-42-25-20(24(38)36(25)21(15)26(39)40)29-23(37)19(22-30-27(28)43-33-22)32-41-17-8-4-5-9-17/h2,6,10-13,17,20,25H,3-5,7-9,14H2,1H3,(H3-,28,29,30,33,37,39,40)/p+1/b6-2+,32-19-/t20-,25-/m1/s1. The Labute approximate surface area is 254 Å². The number of carboxylic acid groups (broad SMARTS) is 1. The second kappa shape index (κ2) is 12.1. The third kappa shape index (κ3) is 5.84. The van der Waals surface area contributed by atoms with Crippen LogP contribution in [0.4, 0.5) is 5.13 Å². The van der Waals surface area contributed by atoms with Gasteiger partial charge < -0.3 is 21.0 Å². The molecule has 0 radical (unpaired) electrons. The summed E-state index contributed by atoms with van der Waals surface area (Å²) < 4.78 is 7.87. The van der Waals surface area contributed by atoms with E-state index in [0.717, 1.165) is 48.6 Å². The Morgan fingerprint density at radius 2 is 2.14 bits per heavy atom. The highest BCUT2D eigenvalue weighted by Crippen LogP contribution is 2.40. The van der Waals surface area contributed by atoms with Gasteiger partial charge in [-0.3, -0.25) is 14.5 Å². The van der Waals surface area contributed by atoms with Crippen LogP contribution in [0.2, 0.25) is 0 Å². The predicted octanol–water partition coefficient (Wildman–Crippen LogP) is 1.18. The first-order chi connectivity index (χ1) is 20.8. The summed E-state index contributed by atoms with van der Waals surface area (Å²) in [6, 6.07) is 3.03. The number of allylic oxidation sites excluding steroid dienone is 2. The molecule has 3 aromatic rings. The van der Waals surface area contributed by atoms with Crippen molar-refractivity contribution in [3.05, 3.63) is 59.5 Å². The molecule has 1 saturated heterocycles. The average Bonchev–Trinajstić information content (AvgIpc) is 3.76. The van der Waals surface area contributed by atoms with Gasteiger partial charge in [0.25, 0.3) is 11.8 Å². The minimum Gasteiger partial charge on any atom is -0.477 e. The number of oxime groups is 1. The Morgan fingerprint density at radius 1 is 1.33 bits per heavy atom. The molecule has 5 heterocycles. The number of nitrogen functional groups attached to an aromatic ring is 1. The first-order valence-corrected chi connectivity index (χ1v) is 15.7. The molecule has 3 aliphatic rings. The van der Waals surface area contributed by atoms with Crippen molar-refractivity contribution in [3.63, 3.8) is 0 Å². The van der Waals surface area contributed by atoms with Gasteiger partial charge in [-0.1, -0.05) is 22.4 Å². The Hall–Kier alpha value is -4.31. The van der Waals surface area contributed by atoms with Gasteiger partial charge in [0, 0.05) is 23.4 Å². The number of rotatable bonds is 10. The van der Waals surface area contributed by atoms with Crippen LogP contribution >= 0.6 is 23.3 Å². The zero-order valence-electron chi connectivity index (χ0n) is 23.3. The van der Waals surface area contributed by atoms with Crippen LogP contribution in [0.3, 0.4) is 0 Å². The maximum absolute atomic E-state index is 13.3. The quantitative estimate of drug-likeness (QED) is 0.128. The van der Waals surface area contributed by atoms with Crippen molar-refractivity contribution in [3.8, 4) is 0 Å². The van der Waals surface area contributed by atoms with E-state index in [1.54, 1.807) is 6.08 Å². The van der Waals surface area contributed by atoms with E-state index in [1.165, 1.54) is 16.7 Å². The van der Waals surface area contributed by atoms with E-state index in [0.29, 0.717) is 24.2 Å². The monoisotopic (exact) mass is 624 g/mol. The molecule has 43 heavy (non-hydrogen) atoms. The molecule has 2 fully saturated rings. The van der Waals surface area contributed by atoms with E-state index >= 15 is 0 Å². The number of amides is 2. The lowest BCUT2D eigenvalue weighted by Gasteiger charge is -2.49. The van der Waals surface area contributed by atoms with Crippen molar-refractivity contribution in [1.29, 1.82) is 0 Å². The van der Waals surface area contributed by atoms with Crippen molar-refractivity contribution < 1.29 is 28.9 Å². The summed E-state index contributed by atoms with van der Waals surface area (Å²) in [4.78, 5) is 49.6. The zero-order valence-corrected chi connectivity index (χ0v) is 24.9. The number of carbonyl (C=O) groups excluding carboxylic acids is 2. The van der Waals surface area contributed by atoms with Crippen molar-refractivity contribution in [2.24, 2.45) is 12.2 Å². The van der Waals surface area contributed by atoms with E-state index in [-0.39, 0.29) is 28.5 Å². The van der Waals surface area contributed by atoms with Crippen LogP contribution in [0, 0.1) is 0 Å². The Balaban J connectivity index is 1.12. The molecule has 3 aromatic heterocycles. The van der Waals surface area contributed by atoms with Crippen LogP contribution in [-0.2, 0) is 32.7 Å². The molecule has 4 N–H and O–H groups in total. The number of fused-ring (bicyclic) bond motifs is 2. The number of hydrogen-bond acceptors (Lipinski definition) is 11. The average molecular weight is 625 g/mol. The summed E-state index contributed by atoms with van der Waals surface area (Å²) in [6.45, 7) is 0. The van der Waals surface area contributed by atoms with E-state index in [2.05, 4.69) is 24.9 Å². The van der Waals surface area contributed by atoms with Crippen LogP contribution < -0.4 is 15.6 Å². The minimum atomic E-state index is -1.20. The molecule has 6 rings (SSSR count). The fraction of sp³-hybridized carbons (Fsp3) is 0.407. The van der Waals surface area contributed by atoms with Gasteiger partial charge in [-0.05, 0) is 50.2 Å². The molecule has 1 saturated carbocycles. The van der Waals surface area contributed by atoms with Gasteiger partial charge in [0.15, 0.2) is 11.3 Å². The first-order valence-electron chi connectivity index (χ1n) is 13.8. The second-order valence-electron chi connectivity index (χ2n) is 10.4. The molecule has 224 valence electrons. The smallest absolute Gasteiger partial charge is 0.352 e. The SMILES string of the molecule is C[n+]1ccn2nc(CC/C=C/C3=C(C(=O)O)N4C(=O)[C@@H](NC(=O)/C(=N\OC5CCCC5)c5nsc(N)n5)[C@H]4SC3)ccc21. The summed E-state index contributed by atoms with van der Waals surface area (Å²) in [7, 11) is 1.95. The Bertz CT molecular complexity index is 1670. The summed E-state index contributed by atoms with van der Waals surface area (Å²) in [5.41, 5.74) is 7.87. The lowest BCUT2D eigenvalue weighted by Crippen LogP contribution is -2.71. The lowest BCUT2D eigenvalue weighted by molar-refractivity contribution is -0.644. The van der Waals surface area contributed by atoms with Crippen LogP contribution in [0.25, 0.3) is 5.65 Å². The number of nitrogens with zero attached hydrogens (tertiary/aromatic N) is 7. The highest BCUT2D eigenvalue weighted by molar-refractivity contribution is 8.00. The molecule has 0 aromatic carbocycles. The number of hydrogen-bond donors (Lipinski definition) is 3. The molecule has 1 aliphatic carbocycles. The maximum atomic E-state index is 13.3. The second-order valence-corrected chi connectivity index (χ2v) is 12.3. The Kier molecular flexibility index (Phi) is 8.12. The number of nitrogens with one attached hydrogen (secondary N) is 1. The number of anilines is 1. The summed E-state index contributed by atoms with van der Waals surface area (Å²) in [5, 5.41) is 20.9. The van der Waals surface area contributed by atoms with Gasteiger partial charge >= 0.3 is 11.6 Å². The molecule has 2 atom stereocenters. The van der Waals surface area contributed by atoms with Crippen LogP contribution in [0.1, 0.15) is 43.6 Å². The van der Waals surface area contributed by atoms with Gasteiger partial charge in [0.05, 0.1) is 12.7 Å². The van der Waals surface area contributed by atoms with E-state index in [9.17, 15) is 19.5 Å². The number of aliphatic carboxylic acids is 1. The highest BCUT2D eigenvalue weighted by atomic mass is 32.2. The summed E-state index contributed by atoms with van der Waals surface area (Å²) >= 11 is 2.29. The molecule has 0 unspecified atom stereocenters. The minimum absolute atomic E-state index is 0.00829. The number of nitrogens with two attached hydrogens (primary N) is 1. The number of aromatic nitrogens is 5. The number of aryl methyl sites for hydroxylation is 2. The highest BCUT2D eigenvalue weighted by Gasteiger charge is 2.54. The molecule has 2 amide bonds. The molecule has 2 aliphatic heterocycles. The van der Waals surface area contributed by atoms with Crippen LogP contribution in [-0.4, -0.2) is 75.7 Å². The fourth-order valence-corrected chi connectivity index (χ4v) is 7.06. The largest absolute Gasteiger partial charge is 0.477 e. The molecular formula is C27H30N9O5S2+. The Morgan fingerprint density at radius 3 is 2.88 bits per heavy atom. The first kappa shape index (κ1) is 28.8. The molecular weight excluding hydrogens is 594 g/mol. The third-order valence-electron chi connectivity index (χ3n) is 7.53. The zero-order chi connectivity index (χ0) is 30.1. The van der Waals surface area contributed by atoms with Crippen molar-refractivity contribution in [2.45, 2.75) is 56.0 Å². The summed E-state index contributed by atoms with van der Waals surface area (Å²) in [5.74, 6) is -2.05. The topological polar surface area (TPSA) is 181 Å². The predicted molar refractivity (Wildman–Crippen MR) is 158 cm³/mol. The van der Waals surface area contributed by atoms with Crippen LogP contribution in [0.15, 0.2) is 53.1 Å². The summed E-state index contributed by atoms with van der Waals surface area (Å²) in [6.07, 6.45) is 12.4. The van der Waals surface area contributed by atoms with Gasteiger partial charge in [-0.15, -0.1) is 16.3 Å². The van der Waals surface area contributed by atoms with Gasteiger partial charge in [0.2, 0.25) is 11.5 Å². The molecule has 16 heteroatoms. The van der Waals surface area contributed by atoms with Gasteiger partial charge in [0.1, 0.15) is 29.4 Å². The van der Waals surface area contributed by atoms with Crippen LogP contribution in [0.5, 0.6) is 0 Å². The van der Waals surface area contributed by atoms with Crippen molar-refractivity contribution in [1.82, 2.24) is 29.2 Å². The van der Waals surface area contributed by atoms with E-state index in [4.69, 9.17) is 10.6 Å².